The van der Waals surface area contributed by atoms with Crippen LogP contribution in [-0.2, 0) is 15.4 Å². The van der Waals surface area contributed by atoms with Crippen LogP contribution in [0.4, 0.5) is 5.69 Å². The van der Waals surface area contributed by atoms with Crippen molar-refractivity contribution >= 4 is 27.4 Å². The maximum absolute atomic E-state index is 12.6. The van der Waals surface area contributed by atoms with Gasteiger partial charge in [-0.15, -0.1) is 0 Å². The highest BCUT2D eigenvalue weighted by atomic mass is 32.2. The summed E-state index contributed by atoms with van der Waals surface area (Å²) in [5.41, 5.74) is 2.51. The Hall–Kier alpha value is -3.45. The quantitative estimate of drug-likeness (QED) is 0.507. The zero-order chi connectivity index (χ0) is 22.8. The second kappa shape index (κ2) is 8.59. The van der Waals surface area contributed by atoms with Crippen LogP contribution >= 0.6 is 0 Å². The number of Topliss-reactive ketones (excluding diaryl/α,β-unsaturated/α-hetero) is 1. The maximum Gasteiger partial charge on any atom is 0.261 e. The van der Waals surface area contributed by atoms with Gasteiger partial charge in [-0.1, -0.05) is 42.5 Å². The number of hydrogen-bond donors (Lipinski definition) is 2. The van der Waals surface area contributed by atoms with Gasteiger partial charge in [-0.25, -0.2) is 8.42 Å². The Morgan fingerprint density at radius 3 is 2.00 bits per heavy atom. The van der Waals surface area contributed by atoms with Crippen molar-refractivity contribution in [3.63, 3.8) is 0 Å². The molecule has 6 nitrogen and oxygen atoms in total. The Labute approximate surface area is 187 Å². The molecule has 3 aromatic rings. The van der Waals surface area contributed by atoms with E-state index in [1.54, 1.807) is 24.3 Å². The minimum Gasteiger partial charge on any atom is -0.351 e. The lowest BCUT2D eigenvalue weighted by Gasteiger charge is -2.16. The van der Waals surface area contributed by atoms with Crippen LogP contribution in [0.15, 0.2) is 83.8 Å². The summed E-state index contributed by atoms with van der Waals surface area (Å²) in [7, 11) is -3.80. The third kappa shape index (κ3) is 4.73. The van der Waals surface area contributed by atoms with Gasteiger partial charge in [-0.05, 0) is 61.7 Å². The monoisotopic (exact) mass is 448 g/mol. The van der Waals surface area contributed by atoms with E-state index in [9.17, 15) is 18.0 Å². The number of amides is 1. The van der Waals surface area contributed by atoms with Crippen LogP contribution in [0.2, 0.25) is 0 Å². The van der Waals surface area contributed by atoms with Crippen LogP contribution in [0.1, 0.15) is 46.0 Å². The molecule has 1 amide bonds. The molecule has 164 valence electrons. The zero-order valence-corrected chi connectivity index (χ0v) is 18.5. The lowest BCUT2D eigenvalue weighted by molar-refractivity contribution is 0.0948. The van der Waals surface area contributed by atoms with E-state index in [1.807, 2.05) is 18.2 Å². The van der Waals surface area contributed by atoms with E-state index in [0.29, 0.717) is 23.4 Å². The van der Waals surface area contributed by atoms with Gasteiger partial charge in [-0.2, -0.15) is 0 Å². The summed E-state index contributed by atoms with van der Waals surface area (Å²) in [6.07, 6.45) is 2.09. The van der Waals surface area contributed by atoms with Gasteiger partial charge in [0.05, 0.1) is 4.90 Å². The minimum atomic E-state index is -3.80. The molecule has 1 saturated carbocycles. The van der Waals surface area contributed by atoms with Crippen molar-refractivity contribution in [1.82, 2.24) is 5.32 Å². The van der Waals surface area contributed by atoms with Crippen molar-refractivity contribution in [1.29, 1.82) is 0 Å². The first-order chi connectivity index (χ1) is 15.3. The van der Waals surface area contributed by atoms with Crippen LogP contribution in [0.3, 0.4) is 0 Å². The van der Waals surface area contributed by atoms with Crippen molar-refractivity contribution in [2.75, 3.05) is 11.3 Å². The molecule has 0 spiro atoms. The first-order valence-electron chi connectivity index (χ1n) is 10.4. The Balaban J connectivity index is 1.38. The highest BCUT2D eigenvalue weighted by molar-refractivity contribution is 7.92. The van der Waals surface area contributed by atoms with E-state index in [4.69, 9.17) is 0 Å². The Bertz CT molecular complexity index is 1230. The lowest BCUT2D eigenvalue weighted by Crippen LogP contribution is -2.32. The number of benzene rings is 3. The molecule has 2 N–H and O–H groups in total. The Morgan fingerprint density at radius 1 is 0.844 bits per heavy atom. The fourth-order valence-electron chi connectivity index (χ4n) is 3.63. The highest BCUT2D eigenvalue weighted by Gasteiger charge is 2.44. The summed E-state index contributed by atoms with van der Waals surface area (Å²) in [4.78, 5) is 24.0. The van der Waals surface area contributed by atoms with Crippen molar-refractivity contribution < 1.29 is 18.0 Å². The molecule has 32 heavy (non-hydrogen) atoms. The highest BCUT2D eigenvalue weighted by Crippen LogP contribution is 2.47. The molecule has 0 aromatic heterocycles. The van der Waals surface area contributed by atoms with Crippen LogP contribution in [0, 0.1) is 0 Å². The second-order valence-electron chi connectivity index (χ2n) is 8.09. The molecule has 0 heterocycles. The number of carbonyl (C=O) groups is 2. The van der Waals surface area contributed by atoms with E-state index in [2.05, 4.69) is 22.2 Å². The predicted octanol–water partition coefficient (Wildman–Crippen LogP) is 4.15. The van der Waals surface area contributed by atoms with Gasteiger partial charge >= 0.3 is 0 Å². The molecule has 1 aliphatic carbocycles. The normalized spacial score (nSPS) is 14.4. The molecule has 1 aliphatic rings. The van der Waals surface area contributed by atoms with Gasteiger partial charge in [0, 0.05) is 28.8 Å². The molecule has 0 aliphatic heterocycles. The lowest BCUT2D eigenvalue weighted by atomic mass is 9.96. The fourth-order valence-corrected chi connectivity index (χ4v) is 4.69. The van der Waals surface area contributed by atoms with E-state index in [0.717, 1.165) is 12.8 Å². The number of ketones is 1. The molecule has 0 atom stereocenters. The van der Waals surface area contributed by atoms with Gasteiger partial charge < -0.3 is 5.32 Å². The molecular formula is C25H24N2O4S. The van der Waals surface area contributed by atoms with E-state index in [1.165, 1.54) is 36.8 Å². The standard InChI is InChI=1S/C25H24N2O4S/c1-18(28)19-9-13-23(14-10-19)32(30,31)27-22-11-7-20(8-12-22)24(29)26-17-25(15-16-25)21-5-3-2-4-6-21/h2-14,27H,15-17H2,1H3,(H,26,29). The van der Waals surface area contributed by atoms with Gasteiger partial charge in [0.2, 0.25) is 0 Å². The number of nitrogens with one attached hydrogen (secondary N) is 2. The summed E-state index contributed by atoms with van der Waals surface area (Å²) >= 11 is 0. The van der Waals surface area contributed by atoms with E-state index < -0.39 is 10.0 Å². The van der Waals surface area contributed by atoms with E-state index >= 15 is 0 Å². The Morgan fingerprint density at radius 2 is 1.44 bits per heavy atom. The van der Waals surface area contributed by atoms with Crippen molar-refractivity contribution in [3.8, 4) is 0 Å². The summed E-state index contributed by atoms with van der Waals surface area (Å²) in [6, 6.07) is 22.2. The van der Waals surface area contributed by atoms with Crippen LogP contribution in [-0.4, -0.2) is 26.7 Å². The molecule has 3 aromatic carbocycles. The van der Waals surface area contributed by atoms with E-state index in [-0.39, 0.29) is 22.0 Å². The summed E-state index contributed by atoms with van der Waals surface area (Å²) < 4.78 is 27.7. The van der Waals surface area contributed by atoms with Crippen LogP contribution in [0.5, 0.6) is 0 Å². The van der Waals surface area contributed by atoms with Crippen molar-refractivity contribution in [2.45, 2.75) is 30.1 Å². The largest absolute Gasteiger partial charge is 0.351 e. The van der Waals surface area contributed by atoms with Crippen molar-refractivity contribution in [2.24, 2.45) is 0 Å². The summed E-state index contributed by atoms with van der Waals surface area (Å²) in [6.45, 7) is 1.99. The SMILES string of the molecule is CC(=O)c1ccc(S(=O)(=O)Nc2ccc(C(=O)NCC3(c4ccccc4)CC3)cc2)cc1. The van der Waals surface area contributed by atoms with Gasteiger partial charge in [0.1, 0.15) is 0 Å². The molecule has 0 unspecified atom stereocenters. The first kappa shape index (κ1) is 21.8. The summed E-state index contributed by atoms with van der Waals surface area (Å²) in [5, 5.41) is 3.00. The average Bonchev–Trinajstić information content (AvgIpc) is 3.60. The topological polar surface area (TPSA) is 92.3 Å². The van der Waals surface area contributed by atoms with Crippen LogP contribution < -0.4 is 10.0 Å². The van der Waals surface area contributed by atoms with Gasteiger partial charge in [0.15, 0.2) is 5.78 Å². The minimum absolute atomic E-state index is 0.0183. The molecule has 4 rings (SSSR count). The number of anilines is 1. The smallest absolute Gasteiger partial charge is 0.261 e. The van der Waals surface area contributed by atoms with Crippen LogP contribution in [0.25, 0.3) is 0 Å². The third-order valence-corrected chi connectivity index (χ3v) is 7.19. The number of hydrogen-bond acceptors (Lipinski definition) is 4. The van der Waals surface area contributed by atoms with Gasteiger partial charge in [0.25, 0.3) is 15.9 Å². The third-order valence-electron chi connectivity index (χ3n) is 5.80. The summed E-state index contributed by atoms with van der Waals surface area (Å²) in [5.74, 6) is -0.325. The average molecular weight is 449 g/mol. The fraction of sp³-hybridized carbons (Fsp3) is 0.200. The number of carbonyl (C=O) groups excluding carboxylic acids is 2. The zero-order valence-electron chi connectivity index (χ0n) is 17.7. The second-order valence-corrected chi connectivity index (χ2v) is 9.77. The molecular weight excluding hydrogens is 424 g/mol. The molecule has 1 fully saturated rings. The molecule has 0 radical (unpaired) electrons. The predicted molar refractivity (Wildman–Crippen MR) is 123 cm³/mol. The van der Waals surface area contributed by atoms with Crippen molar-refractivity contribution in [3.05, 3.63) is 95.6 Å². The molecule has 7 heteroatoms. The Kier molecular flexibility index (Phi) is 5.84. The molecule has 0 saturated heterocycles. The van der Waals surface area contributed by atoms with Gasteiger partial charge in [-0.3, -0.25) is 14.3 Å². The molecule has 0 bridgehead atoms. The maximum atomic E-state index is 12.6. The first-order valence-corrected chi connectivity index (χ1v) is 11.9. The number of rotatable bonds is 8. The number of sulfonamides is 1.